The van der Waals surface area contributed by atoms with Crippen LogP contribution in [0.25, 0.3) is 0 Å². The average molecular weight is 681 g/mol. The lowest BCUT2D eigenvalue weighted by atomic mass is 9.84. The third-order valence-corrected chi connectivity index (χ3v) is 11.1. The average Bonchev–Trinajstić information content (AvgIpc) is 3.57. The summed E-state index contributed by atoms with van der Waals surface area (Å²) in [6.07, 6.45) is -10.9. The molecule has 2 aromatic rings. The van der Waals surface area contributed by atoms with Crippen LogP contribution in [0.5, 0.6) is 0 Å². The van der Waals surface area contributed by atoms with Crippen LogP contribution >= 0.6 is 0 Å². The van der Waals surface area contributed by atoms with Gasteiger partial charge in [-0.15, -0.1) is 0 Å². The molecule has 5 rings (SSSR count). The van der Waals surface area contributed by atoms with E-state index in [9.17, 15) is 53.8 Å². The molecular weight excluding hydrogens is 649 g/mol. The highest BCUT2D eigenvalue weighted by Gasteiger charge is 2.71. The Morgan fingerprint density at radius 3 is 2.22 bits per heavy atom. The molecule has 0 radical (unpaired) electrons. The molecule has 252 valence electrons. The molecular formula is C30H31F7N2O6S. The Morgan fingerprint density at radius 2 is 1.61 bits per heavy atom. The highest BCUT2D eigenvalue weighted by atomic mass is 32.2. The van der Waals surface area contributed by atoms with Gasteiger partial charge in [0.25, 0.3) is 15.6 Å². The van der Waals surface area contributed by atoms with Gasteiger partial charge in [0.2, 0.25) is 5.91 Å². The quantitative estimate of drug-likeness (QED) is 0.296. The largest absolute Gasteiger partial charge is 0.466 e. The van der Waals surface area contributed by atoms with Crippen molar-refractivity contribution in [3.63, 3.8) is 0 Å². The van der Waals surface area contributed by atoms with Crippen LogP contribution in [0.2, 0.25) is 0 Å². The first kappa shape index (κ1) is 33.9. The van der Waals surface area contributed by atoms with Crippen molar-refractivity contribution in [2.75, 3.05) is 10.9 Å². The summed E-state index contributed by atoms with van der Waals surface area (Å²) in [5, 5.41) is 12.8. The minimum absolute atomic E-state index is 0.00826. The molecule has 0 spiro atoms. The van der Waals surface area contributed by atoms with Crippen molar-refractivity contribution < 1.29 is 58.6 Å². The lowest BCUT2D eigenvalue weighted by Gasteiger charge is -2.39. The van der Waals surface area contributed by atoms with E-state index in [0.717, 1.165) is 47.5 Å². The van der Waals surface area contributed by atoms with Gasteiger partial charge < -0.3 is 15.2 Å². The summed E-state index contributed by atoms with van der Waals surface area (Å²) in [6.45, 7) is 1.81. The molecule has 2 bridgehead atoms. The van der Waals surface area contributed by atoms with Crippen LogP contribution in [0.15, 0.2) is 47.4 Å². The maximum atomic E-state index is 13.9. The first-order chi connectivity index (χ1) is 21.4. The zero-order valence-electron chi connectivity index (χ0n) is 24.4. The number of carbonyl (C=O) groups is 2. The predicted octanol–water partition coefficient (Wildman–Crippen LogP) is 5.13. The number of nitrogens with zero attached hydrogens (tertiary/aromatic N) is 1. The first-order valence-corrected chi connectivity index (χ1v) is 16.1. The molecule has 46 heavy (non-hydrogen) atoms. The Morgan fingerprint density at radius 1 is 0.978 bits per heavy atom. The van der Waals surface area contributed by atoms with Crippen molar-refractivity contribution in [3.05, 3.63) is 59.4 Å². The monoisotopic (exact) mass is 680 g/mol. The molecule has 0 saturated heterocycles. The minimum Gasteiger partial charge on any atom is -0.466 e. The van der Waals surface area contributed by atoms with Gasteiger partial charge in [0, 0.05) is 18.0 Å². The SMILES string of the molecule is CCOC(=O)[C@H]1C2CCC(C2)[C@H]1NC(=O)C[C@@H]1CCc2cc(C(O)(C(F)(F)F)C(F)(F)F)ccc2N1S(=O)(=O)c1ccc(F)cc1. The standard InChI is InChI=1S/C30H31F7N2O6S/c1-2-45-27(41)25-17-3-4-18(13-17)26(25)38-24(40)15-21-9-5-16-14-19(28(42,29(32,33)34)30(35,36)37)6-12-23(16)39(21)46(43,44)22-10-7-20(31)8-11-22/h6-8,10-12,14,17-18,21,25-26,42H,2-5,9,13,15H2,1H3,(H,38,40)/t17?,18?,21-,25-,26+/m0/s1. The zero-order valence-corrected chi connectivity index (χ0v) is 25.2. The second kappa shape index (κ2) is 12.0. The van der Waals surface area contributed by atoms with Crippen molar-refractivity contribution in [2.45, 2.75) is 80.4 Å². The number of ether oxygens (including phenoxy) is 1. The van der Waals surface area contributed by atoms with Crippen LogP contribution in [0.3, 0.4) is 0 Å². The van der Waals surface area contributed by atoms with Crippen LogP contribution < -0.4 is 9.62 Å². The fourth-order valence-corrected chi connectivity index (χ4v) is 8.83. The van der Waals surface area contributed by atoms with E-state index in [2.05, 4.69) is 5.32 Å². The number of hydrogen-bond donors (Lipinski definition) is 2. The summed E-state index contributed by atoms with van der Waals surface area (Å²) < 4.78 is 129. The molecule has 3 aliphatic rings. The highest BCUT2D eigenvalue weighted by molar-refractivity contribution is 7.92. The van der Waals surface area contributed by atoms with Gasteiger partial charge in [-0.25, -0.2) is 12.8 Å². The van der Waals surface area contributed by atoms with Gasteiger partial charge in [0.05, 0.1) is 29.1 Å². The number of aliphatic hydroxyl groups is 1. The molecule has 2 aliphatic carbocycles. The molecule has 2 saturated carbocycles. The third kappa shape index (κ3) is 5.82. The summed E-state index contributed by atoms with van der Waals surface area (Å²) in [5.41, 5.74) is -7.33. The maximum Gasteiger partial charge on any atom is 0.430 e. The van der Waals surface area contributed by atoms with Crippen LogP contribution in [-0.4, -0.2) is 56.4 Å². The van der Waals surface area contributed by atoms with Crippen molar-refractivity contribution in [2.24, 2.45) is 17.8 Å². The van der Waals surface area contributed by atoms with Gasteiger partial charge in [-0.05, 0) is 86.8 Å². The fraction of sp³-hybridized carbons (Fsp3) is 0.533. The molecule has 2 fully saturated rings. The molecule has 1 amide bonds. The Kier molecular flexibility index (Phi) is 8.85. The third-order valence-electron chi connectivity index (χ3n) is 9.23. The molecule has 2 N–H and O–H groups in total. The van der Waals surface area contributed by atoms with Crippen LogP contribution in [0, 0.1) is 23.6 Å². The number of rotatable bonds is 8. The smallest absolute Gasteiger partial charge is 0.430 e. The Bertz CT molecular complexity index is 1580. The van der Waals surface area contributed by atoms with E-state index in [4.69, 9.17) is 4.74 Å². The molecule has 5 atom stereocenters. The number of amides is 1. The Labute approximate surface area is 260 Å². The van der Waals surface area contributed by atoms with Gasteiger partial charge in [-0.1, -0.05) is 12.1 Å². The number of benzene rings is 2. The summed E-state index contributed by atoms with van der Waals surface area (Å²) >= 11 is 0. The summed E-state index contributed by atoms with van der Waals surface area (Å²) in [5.74, 6) is -2.37. The van der Waals surface area contributed by atoms with Gasteiger partial charge in [0.15, 0.2) is 0 Å². The zero-order chi connectivity index (χ0) is 33.8. The number of nitrogens with one attached hydrogen (secondary N) is 1. The van der Waals surface area contributed by atoms with Gasteiger partial charge in [-0.2, -0.15) is 26.3 Å². The Balaban J connectivity index is 1.50. The second-order valence-corrected chi connectivity index (χ2v) is 13.7. The number of carbonyl (C=O) groups excluding carboxylic acids is 2. The van der Waals surface area contributed by atoms with E-state index in [-0.39, 0.29) is 42.5 Å². The van der Waals surface area contributed by atoms with E-state index in [1.807, 2.05) is 0 Å². The highest BCUT2D eigenvalue weighted by Crippen LogP contribution is 2.52. The number of alkyl halides is 6. The van der Waals surface area contributed by atoms with E-state index in [1.165, 1.54) is 0 Å². The van der Waals surface area contributed by atoms with E-state index >= 15 is 0 Å². The van der Waals surface area contributed by atoms with Gasteiger partial charge in [0.1, 0.15) is 5.82 Å². The minimum atomic E-state index is -6.16. The summed E-state index contributed by atoms with van der Waals surface area (Å²) in [4.78, 5) is 25.7. The Hall–Kier alpha value is -3.40. The molecule has 16 heteroatoms. The molecule has 2 unspecified atom stereocenters. The van der Waals surface area contributed by atoms with Gasteiger partial charge in [-0.3, -0.25) is 13.9 Å². The molecule has 1 heterocycles. The van der Waals surface area contributed by atoms with Gasteiger partial charge >= 0.3 is 18.3 Å². The number of aryl methyl sites for hydroxylation is 1. The number of sulfonamides is 1. The van der Waals surface area contributed by atoms with Crippen molar-refractivity contribution >= 4 is 27.6 Å². The number of halogens is 7. The summed E-state index contributed by atoms with van der Waals surface area (Å²) in [6, 6.07) is 3.43. The van der Waals surface area contributed by atoms with Crippen molar-refractivity contribution in [1.29, 1.82) is 0 Å². The van der Waals surface area contributed by atoms with E-state index in [0.29, 0.717) is 18.6 Å². The first-order valence-electron chi connectivity index (χ1n) is 14.6. The lowest BCUT2D eigenvalue weighted by Crippen LogP contribution is -2.54. The van der Waals surface area contributed by atoms with Crippen LogP contribution in [-0.2, 0) is 36.4 Å². The second-order valence-electron chi connectivity index (χ2n) is 11.9. The van der Waals surface area contributed by atoms with Crippen LogP contribution in [0.4, 0.5) is 36.4 Å². The van der Waals surface area contributed by atoms with Crippen LogP contribution in [0.1, 0.15) is 50.2 Å². The molecule has 2 aromatic carbocycles. The number of anilines is 1. The van der Waals surface area contributed by atoms with Crippen molar-refractivity contribution in [1.82, 2.24) is 5.32 Å². The summed E-state index contributed by atoms with van der Waals surface area (Å²) in [7, 11) is -4.65. The molecule has 8 nitrogen and oxygen atoms in total. The number of esters is 1. The maximum absolute atomic E-state index is 13.9. The fourth-order valence-electron chi connectivity index (χ4n) is 7.12. The molecule has 1 aliphatic heterocycles. The molecule has 0 aromatic heterocycles. The number of fused-ring (bicyclic) bond motifs is 3. The normalized spacial score (nSPS) is 24.9. The lowest BCUT2D eigenvalue weighted by molar-refractivity contribution is -0.376. The number of hydrogen-bond acceptors (Lipinski definition) is 6. The van der Waals surface area contributed by atoms with Crippen molar-refractivity contribution in [3.8, 4) is 0 Å². The topological polar surface area (TPSA) is 113 Å². The van der Waals surface area contributed by atoms with E-state index in [1.54, 1.807) is 6.92 Å². The van der Waals surface area contributed by atoms with E-state index < -0.39 is 80.6 Å². The predicted molar refractivity (Wildman–Crippen MR) is 148 cm³/mol.